The lowest BCUT2D eigenvalue weighted by molar-refractivity contribution is -0.0770. The van der Waals surface area contributed by atoms with E-state index in [1.165, 1.54) is 0 Å². The minimum atomic E-state index is 0.0694. The van der Waals surface area contributed by atoms with Crippen molar-refractivity contribution in [3.63, 3.8) is 0 Å². The molecule has 1 rings (SSSR count). The average Bonchev–Trinajstić information content (AvgIpc) is 2.39. The molecule has 1 fully saturated rings. The first-order chi connectivity index (χ1) is 6.38. The molecule has 4 heteroatoms. The van der Waals surface area contributed by atoms with Crippen LogP contribution in [0.25, 0.3) is 0 Å². The number of hydrogen-bond donors (Lipinski definition) is 1. The fourth-order valence-corrected chi connectivity index (χ4v) is 1.39. The maximum Gasteiger partial charge on any atom is 0.108 e. The van der Waals surface area contributed by atoms with Crippen molar-refractivity contribution in [3.05, 3.63) is 0 Å². The Kier molecular flexibility index (Phi) is 5.31. The predicted octanol–water partition coefficient (Wildman–Crippen LogP) is 0.0263. The van der Waals surface area contributed by atoms with Crippen LogP contribution in [0, 0.1) is 0 Å². The van der Waals surface area contributed by atoms with Crippen molar-refractivity contribution in [2.24, 2.45) is 0 Å². The molecule has 0 spiro atoms. The highest BCUT2D eigenvalue weighted by Crippen LogP contribution is 2.06. The van der Waals surface area contributed by atoms with Crippen molar-refractivity contribution in [1.29, 1.82) is 0 Å². The Bertz CT molecular complexity index is 132. The van der Waals surface area contributed by atoms with Crippen LogP contribution >= 0.6 is 0 Å². The van der Waals surface area contributed by atoms with Gasteiger partial charge in [0, 0.05) is 26.8 Å². The smallest absolute Gasteiger partial charge is 0.108 e. The van der Waals surface area contributed by atoms with E-state index < -0.39 is 0 Å². The van der Waals surface area contributed by atoms with E-state index in [2.05, 4.69) is 5.32 Å². The van der Waals surface area contributed by atoms with Crippen LogP contribution in [0.3, 0.4) is 0 Å². The predicted molar refractivity (Wildman–Crippen MR) is 49.9 cm³/mol. The summed E-state index contributed by atoms with van der Waals surface area (Å²) in [6.45, 7) is 5.80. The van der Waals surface area contributed by atoms with Gasteiger partial charge in [-0.2, -0.15) is 0 Å². The summed E-state index contributed by atoms with van der Waals surface area (Å²) in [4.78, 5) is 0. The molecular formula is C9H19NO3. The van der Waals surface area contributed by atoms with Gasteiger partial charge in [0.1, 0.15) is 6.10 Å². The number of rotatable bonds is 4. The molecule has 0 bridgehead atoms. The molecule has 1 N–H and O–H groups in total. The third-order valence-corrected chi connectivity index (χ3v) is 2.16. The summed E-state index contributed by atoms with van der Waals surface area (Å²) in [7, 11) is 1.71. The number of hydrogen-bond acceptors (Lipinski definition) is 4. The molecule has 1 heterocycles. The fourth-order valence-electron chi connectivity index (χ4n) is 1.39. The van der Waals surface area contributed by atoms with Gasteiger partial charge in [-0.15, -0.1) is 0 Å². The molecule has 1 aliphatic rings. The minimum absolute atomic E-state index is 0.0694. The van der Waals surface area contributed by atoms with Crippen molar-refractivity contribution >= 4 is 0 Å². The van der Waals surface area contributed by atoms with Gasteiger partial charge in [0.2, 0.25) is 0 Å². The van der Waals surface area contributed by atoms with E-state index in [0.717, 1.165) is 26.3 Å². The topological polar surface area (TPSA) is 39.7 Å². The molecule has 13 heavy (non-hydrogen) atoms. The van der Waals surface area contributed by atoms with E-state index in [1.54, 1.807) is 7.11 Å². The van der Waals surface area contributed by atoms with Crippen molar-refractivity contribution in [2.75, 3.05) is 40.0 Å². The first-order valence-corrected chi connectivity index (χ1v) is 4.81. The summed E-state index contributed by atoms with van der Waals surface area (Å²) in [6.07, 6.45) is 0.175. The van der Waals surface area contributed by atoms with Gasteiger partial charge in [0.05, 0.1) is 19.3 Å². The van der Waals surface area contributed by atoms with Gasteiger partial charge in [-0.1, -0.05) is 0 Å². The second-order valence-corrected chi connectivity index (χ2v) is 3.05. The summed E-state index contributed by atoms with van der Waals surface area (Å²) in [6, 6.07) is 0. The Balaban J connectivity index is 2.34. The van der Waals surface area contributed by atoms with Crippen LogP contribution in [0.5, 0.6) is 0 Å². The standard InChI is InChI=1S/C9H19NO3/c1-3-12-7-9-8(11-2)6-10-4-5-13-9/h8-10H,3-7H2,1-2H3/t8-,9+/m0/s1. The van der Waals surface area contributed by atoms with Crippen LogP contribution in [-0.2, 0) is 14.2 Å². The summed E-state index contributed by atoms with van der Waals surface area (Å²) < 4.78 is 16.2. The normalized spacial score (nSPS) is 30.0. The van der Waals surface area contributed by atoms with Crippen LogP contribution < -0.4 is 5.32 Å². The molecule has 2 atom stereocenters. The van der Waals surface area contributed by atoms with Gasteiger partial charge in [-0.05, 0) is 6.92 Å². The van der Waals surface area contributed by atoms with Crippen molar-refractivity contribution < 1.29 is 14.2 Å². The van der Waals surface area contributed by atoms with Crippen molar-refractivity contribution in [1.82, 2.24) is 5.32 Å². The summed E-state index contributed by atoms with van der Waals surface area (Å²) in [5.41, 5.74) is 0. The maximum atomic E-state index is 5.60. The molecule has 0 radical (unpaired) electrons. The monoisotopic (exact) mass is 189 g/mol. The zero-order chi connectivity index (χ0) is 9.52. The van der Waals surface area contributed by atoms with Crippen LogP contribution in [0.2, 0.25) is 0 Å². The van der Waals surface area contributed by atoms with Gasteiger partial charge < -0.3 is 19.5 Å². The number of ether oxygens (including phenoxy) is 3. The largest absolute Gasteiger partial charge is 0.379 e. The summed E-state index contributed by atoms with van der Waals surface area (Å²) in [5.74, 6) is 0. The Morgan fingerprint density at radius 2 is 2.38 bits per heavy atom. The third-order valence-electron chi connectivity index (χ3n) is 2.16. The Morgan fingerprint density at radius 1 is 1.54 bits per heavy atom. The summed E-state index contributed by atoms with van der Waals surface area (Å²) in [5, 5.41) is 3.25. The fraction of sp³-hybridized carbons (Fsp3) is 1.00. The minimum Gasteiger partial charge on any atom is -0.379 e. The lowest BCUT2D eigenvalue weighted by atomic mass is 10.2. The summed E-state index contributed by atoms with van der Waals surface area (Å²) >= 11 is 0. The van der Waals surface area contributed by atoms with Gasteiger partial charge in [0.25, 0.3) is 0 Å². The van der Waals surface area contributed by atoms with E-state index in [9.17, 15) is 0 Å². The molecule has 0 amide bonds. The average molecular weight is 189 g/mol. The van der Waals surface area contributed by atoms with E-state index in [4.69, 9.17) is 14.2 Å². The Hall–Kier alpha value is -0.160. The Labute approximate surface area is 79.5 Å². The quantitative estimate of drug-likeness (QED) is 0.677. The van der Waals surface area contributed by atoms with E-state index in [0.29, 0.717) is 6.61 Å². The van der Waals surface area contributed by atoms with Crippen LogP contribution in [0.15, 0.2) is 0 Å². The molecule has 1 saturated heterocycles. The molecule has 78 valence electrons. The molecule has 4 nitrogen and oxygen atoms in total. The molecule has 0 aliphatic carbocycles. The molecular weight excluding hydrogens is 170 g/mol. The van der Waals surface area contributed by atoms with Crippen LogP contribution in [0.4, 0.5) is 0 Å². The molecule has 0 aromatic carbocycles. The Morgan fingerprint density at radius 3 is 3.08 bits per heavy atom. The first kappa shape index (κ1) is 10.9. The van der Waals surface area contributed by atoms with Crippen LogP contribution in [-0.4, -0.2) is 52.2 Å². The van der Waals surface area contributed by atoms with E-state index in [-0.39, 0.29) is 12.2 Å². The van der Waals surface area contributed by atoms with E-state index >= 15 is 0 Å². The van der Waals surface area contributed by atoms with Gasteiger partial charge in [0.15, 0.2) is 0 Å². The van der Waals surface area contributed by atoms with Gasteiger partial charge in [-0.3, -0.25) is 0 Å². The second-order valence-electron chi connectivity index (χ2n) is 3.05. The zero-order valence-corrected chi connectivity index (χ0v) is 8.41. The van der Waals surface area contributed by atoms with Crippen LogP contribution in [0.1, 0.15) is 6.92 Å². The van der Waals surface area contributed by atoms with Gasteiger partial charge in [-0.25, -0.2) is 0 Å². The molecule has 0 unspecified atom stereocenters. The lowest BCUT2D eigenvalue weighted by Gasteiger charge is -2.22. The molecule has 0 aromatic rings. The maximum absolute atomic E-state index is 5.60. The van der Waals surface area contributed by atoms with Crippen molar-refractivity contribution in [2.45, 2.75) is 19.1 Å². The SMILES string of the molecule is CCOC[C@H]1OCCNC[C@@H]1OC. The highest BCUT2D eigenvalue weighted by Gasteiger charge is 2.23. The van der Waals surface area contributed by atoms with Gasteiger partial charge >= 0.3 is 0 Å². The van der Waals surface area contributed by atoms with Crippen molar-refractivity contribution in [3.8, 4) is 0 Å². The lowest BCUT2D eigenvalue weighted by Crippen LogP contribution is -2.38. The first-order valence-electron chi connectivity index (χ1n) is 4.81. The third kappa shape index (κ3) is 3.60. The van der Waals surface area contributed by atoms with E-state index in [1.807, 2.05) is 6.92 Å². The molecule has 1 aliphatic heterocycles. The molecule has 0 saturated carbocycles. The highest BCUT2D eigenvalue weighted by molar-refractivity contribution is 4.75. The zero-order valence-electron chi connectivity index (χ0n) is 8.41. The number of nitrogens with one attached hydrogen (secondary N) is 1. The number of methoxy groups -OCH3 is 1. The highest BCUT2D eigenvalue weighted by atomic mass is 16.6. The second kappa shape index (κ2) is 6.32. The molecule has 0 aromatic heterocycles.